The van der Waals surface area contributed by atoms with Gasteiger partial charge in [-0.2, -0.15) is 0 Å². The van der Waals surface area contributed by atoms with Crippen molar-refractivity contribution >= 4 is 5.91 Å². The molecule has 0 spiro atoms. The normalized spacial score (nSPS) is 12.3. The van der Waals surface area contributed by atoms with Crippen molar-refractivity contribution < 1.29 is 14.3 Å². The minimum Gasteiger partial charge on any atom is -0.454 e. The quantitative estimate of drug-likeness (QED) is 0.850. The van der Waals surface area contributed by atoms with Crippen molar-refractivity contribution in [2.45, 2.75) is 26.3 Å². The molecule has 0 bridgehead atoms. The van der Waals surface area contributed by atoms with Crippen LogP contribution in [0.2, 0.25) is 0 Å². The van der Waals surface area contributed by atoms with Gasteiger partial charge in [-0.3, -0.25) is 4.79 Å². The molecule has 2 aromatic rings. The summed E-state index contributed by atoms with van der Waals surface area (Å²) in [7, 11) is 1.84. The molecule has 4 heteroatoms. The van der Waals surface area contributed by atoms with Crippen molar-refractivity contribution in [1.82, 2.24) is 4.90 Å². The molecule has 1 aliphatic heterocycles. The molecule has 4 nitrogen and oxygen atoms in total. The molecule has 0 unspecified atom stereocenters. The lowest BCUT2D eigenvalue weighted by atomic mass is 10.1. The first-order valence-electron chi connectivity index (χ1n) is 7.80. The summed E-state index contributed by atoms with van der Waals surface area (Å²) in [6.45, 7) is 2.90. The molecule has 0 atom stereocenters. The molecule has 3 rings (SSSR count). The number of carbonyl (C=O) groups is 1. The van der Waals surface area contributed by atoms with E-state index in [2.05, 4.69) is 31.2 Å². The highest BCUT2D eigenvalue weighted by Crippen LogP contribution is 2.32. The maximum atomic E-state index is 12.3. The molecule has 0 aliphatic carbocycles. The number of hydrogen-bond acceptors (Lipinski definition) is 3. The van der Waals surface area contributed by atoms with Crippen LogP contribution in [-0.4, -0.2) is 24.6 Å². The molecular weight excluding hydrogens is 290 g/mol. The van der Waals surface area contributed by atoms with Gasteiger partial charge in [0.05, 0.1) is 0 Å². The zero-order valence-corrected chi connectivity index (χ0v) is 13.5. The lowest BCUT2D eigenvalue weighted by molar-refractivity contribution is -0.130. The summed E-state index contributed by atoms with van der Waals surface area (Å²) < 4.78 is 10.7. The average Bonchev–Trinajstić information content (AvgIpc) is 3.01. The third kappa shape index (κ3) is 3.83. The first-order valence-corrected chi connectivity index (χ1v) is 7.80. The number of fused-ring (bicyclic) bond motifs is 1. The second kappa shape index (κ2) is 6.73. The molecule has 1 amide bonds. The molecule has 1 heterocycles. The smallest absolute Gasteiger partial charge is 0.231 e. The summed E-state index contributed by atoms with van der Waals surface area (Å²) >= 11 is 0. The third-order valence-corrected chi connectivity index (χ3v) is 4.03. The molecule has 0 aromatic heterocycles. The Morgan fingerprint density at radius 2 is 1.74 bits per heavy atom. The summed E-state index contributed by atoms with van der Waals surface area (Å²) in [4.78, 5) is 14.0. The van der Waals surface area contributed by atoms with Gasteiger partial charge in [0.1, 0.15) is 0 Å². The Morgan fingerprint density at radius 1 is 1.04 bits per heavy atom. The van der Waals surface area contributed by atoms with Crippen LogP contribution < -0.4 is 9.47 Å². The third-order valence-electron chi connectivity index (χ3n) is 4.03. The summed E-state index contributed by atoms with van der Waals surface area (Å²) in [5.74, 6) is 1.66. The molecule has 0 saturated heterocycles. The van der Waals surface area contributed by atoms with Gasteiger partial charge in [0, 0.05) is 20.0 Å². The molecular formula is C19H21NO3. The highest BCUT2D eigenvalue weighted by atomic mass is 16.7. The van der Waals surface area contributed by atoms with E-state index in [0.29, 0.717) is 13.0 Å². The Labute approximate surface area is 136 Å². The largest absolute Gasteiger partial charge is 0.454 e. The van der Waals surface area contributed by atoms with Crippen LogP contribution in [0, 0.1) is 6.92 Å². The summed E-state index contributed by atoms with van der Waals surface area (Å²) in [5.41, 5.74) is 3.47. The highest BCUT2D eigenvalue weighted by molar-refractivity contribution is 5.76. The number of ether oxygens (including phenoxy) is 2. The van der Waals surface area contributed by atoms with Gasteiger partial charge in [0.2, 0.25) is 12.7 Å². The SMILES string of the molecule is Cc1ccc(CCC(=O)N(C)Cc2ccc3c(c2)OCO3)cc1. The Hall–Kier alpha value is -2.49. The van der Waals surface area contributed by atoms with Gasteiger partial charge in [-0.25, -0.2) is 0 Å². The number of rotatable bonds is 5. The molecule has 0 fully saturated rings. The standard InChI is InChI=1S/C19H21NO3/c1-14-3-5-15(6-4-14)8-10-19(21)20(2)12-16-7-9-17-18(11-16)23-13-22-17/h3-7,9,11H,8,10,12-13H2,1-2H3. The lowest BCUT2D eigenvalue weighted by Gasteiger charge is -2.17. The van der Waals surface area contributed by atoms with Crippen molar-refractivity contribution in [1.29, 1.82) is 0 Å². The van der Waals surface area contributed by atoms with Crippen molar-refractivity contribution in [3.63, 3.8) is 0 Å². The topological polar surface area (TPSA) is 38.8 Å². The minimum absolute atomic E-state index is 0.142. The van der Waals surface area contributed by atoms with Gasteiger partial charge in [0.15, 0.2) is 11.5 Å². The van der Waals surface area contributed by atoms with E-state index in [1.807, 2.05) is 25.2 Å². The summed E-state index contributed by atoms with van der Waals surface area (Å²) in [6.07, 6.45) is 1.29. The highest BCUT2D eigenvalue weighted by Gasteiger charge is 2.15. The van der Waals surface area contributed by atoms with Crippen molar-refractivity contribution in [3.05, 3.63) is 59.2 Å². The van der Waals surface area contributed by atoms with Gasteiger partial charge < -0.3 is 14.4 Å². The predicted molar refractivity (Wildman–Crippen MR) is 88.5 cm³/mol. The van der Waals surface area contributed by atoms with Crippen LogP contribution in [0.4, 0.5) is 0 Å². The van der Waals surface area contributed by atoms with E-state index in [-0.39, 0.29) is 12.7 Å². The fourth-order valence-electron chi connectivity index (χ4n) is 2.60. The van der Waals surface area contributed by atoms with Crippen LogP contribution in [0.15, 0.2) is 42.5 Å². The van der Waals surface area contributed by atoms with E-state index in [1.165, 1.54) is 11.1 Å². The van der Waals surface area contributed by atoms with Crippen molar-refractivity contribution in [2.75, 3.05) is 13.8 Å². The van der Waals surface area contributed by atoms with Crippen LogP contribution in [0.1, 0.15) is 23.1 Å². The average molecular weight is 311 g/mol. The monoisotopic (exact) mass is 311 g/mol. The maximum absolute atomic E-state index is 12.3. The fourth-order valence-corrected chi connectivity index (χ4v) is 2.60. The second-order valence-electron chi connectivity index (χ2n) is 5.92. The lowest BCUT2D eigenvalue weighted by Crippen LogP contribution is -2.26. The number of hydrogen-bond donors (Lipinski definition) is 0. The van der Waals surface area contributed by atoms with Gasteiger partial charge in [-0.1, -0.05) is 35.9 Å². The fraction of sp³-hybridized carbons (Fsp3) is 0.316. The zero-order chi connectivity index (χ0) is 16.2. The number of nitrogens with zero attached hydrogens (tertiary/aromatic N) is 1. The first kappa shape index (κ1) is 15.4. The molecule has 23 heavy (non-hydrogen) atoms. The number of carbonyl (C=O) groups excluding carboxylic acids is 1. The van der Waals surface area contributed by atoms with Gasteiger partial charge in [-0.15, -0.1) is 0 Å². The number of benzene rings is 2. The van der Waals surface area contributed by atoms with E-state index >= 15 is 0 Å². The molecule has 1 aliphatic rings. The molecule has 0 saturated carbocycles. The van der Waals surface area contributed by atoms with E-state index < -0.39 is 0 Å². The van der Waals surface area contributed by atoms with Gasteiger partial charge in [0.25, 0.3) is 0 Å². The molecule has 0 radical (unpaired) electrons. The molecule has 2 aromatic carbocycles. The maximum Gasteiger partial charge on any atom is 0.231 e. The number of aryl methyl sites for hydroxylation is 2. The Kier molecular flexibility index (Phi) is 4.51. The van der Waals surface area contributed by atoms with Crippen LogP contribution in [-0.2, 0) is 17.8 Å². The van der Waals surface area contributed by atoms with Crippen LogP contribution in [0.5, 0.6) is 11.5 Å². The van der Waals surface area contributed by atoms with E-state index in [0.717, 1.165) is 23.5 Å². The van der Waals surface area contributed by atoms with Crippen molar-refractivity contribution in [3.8, 4) is 11.5 Å². The molecule has 0 N–H and O–H groups in total. The first-order chi connectivity index (χ1) is 11.1. The predicted octanol–water partition coefficient (Wildman–Crippen LogP) is 3.31. The second-order valence-corrected chi connectivity index (χ2v) is 5.92. The van der Waals surface area contributed by atoms with Crippen molar-refractivity contribution in [2.24, 2.45) is 0 Å². The number of amides is 1. The van der Waals surface area contributed by atoms with E-state index in [9.17, 15) is 4.79 Å². The summed E-state index contributed by atoms with van der Waals surface area (Å²) in [6, 6.07) is 14.1. The van der Waals surface area contributed by atoms with E-state index in [1.54, 1.807) is 4.90 Å². The van der Waals surface area contributed by atoms with Crippen LogP contribution in [0.3, 0.4) is 0 Å². The van der Waals surface area contributed by atoms with E-state index in [4.69, 9.17) is 9.47 Å². The molecule has 120 valence electrons. The Balaban J connectivity index is 1.54. The Morgan fingerprint density at radius 3 is 2.52 bits per heavy atom. The van der Waals surface area contributed by atoms with Gasteiger partial charge in [-0.05, 0) is 36.6 Å². The Bertz CT molecular complexity index is 694. The van der Waals surface area contributed by atoms with Gasteiger partial charge >= 0.3 is 0 Å². The zero-order valence-electron chi connectivity index (χ0n) is 13.5. The van der Waals surface area contributed by atoms with Crippen LogP contribution in [0.25, 0.3) is 0 Å². The summed E-state index contributed by atoms with van der Waals surface area (Å²) in [5, 5.41) is 0. The van der Waals surface area contributed by atoms with Crippen LogP contribution >= 0.6 is 0 Å². The minimum atomic E-state index is 0.142.